The number of allylic oxidation sites excluding steroid dienone is 1. The number of Topliss-reactive ketones (excluding diaryl/α,β-unsaturated/α-hetero) is 1. The van der Waals surface area contributed by atoms with E-state index in [9.17, 15) is 9.59 Å². The molecule has 0 aromatic carbocycles. The fraction of sp³-hybridized carbons (Fsp3) is 0.556. The van der Waals surface area contributed by atoms with Crippen LogP contribution in [0.25, 0.3) is 0 Å². The van der Waals surface area contributed by atoms with E-state index in [0.717, 1.165) is 12.8 Å². The molecule has 0 saturated heterocycles. The maximum Gasteiger partial charge on any atom is 0.407 e. The molecular formula is C9H13NO3. The van der Waals surface area contributed by atoms with Gasteiger partial charge >= 0.3 is 6.09 Å². The summed E-state index contributed by atoms with van der Waals surface area (Å²) in [4.78, 5) is 21.9. The molecule has 1 amide bonds. The van der Waals surface area contributed by atoms with Crippen LogP contribution in [0.2, 0.25) is 0 Å². The number of alkyl carbamates (subject to hydrolysis) is 1. The molecule has 0 spiro atoms. The highest BCUT2D eigenvalue weighted by Gasteiger charge is 2.19. The normalized spacial score (nSPS) is 16.0. The lowest BCUT2D eigenvalue weighted by atomic mass is 10.2. The van der Waals surface area contributed by atoms with Gasteiger partial charge in [-0.05, 0) is 19.8 Å². The molecule has 0 radical (unpaired) electrons. The Hall–Kier alpha value is -1.32. The number of ketones is 1. The Bertz CT molecular complexity index is 252. The maximum atomic E-state index is 11.0. The van der Waals surface area contributed by atoms with Gasteiger partial charge in [-0.25, -0.2) is 4.79 Å². The molecule has 0 heterocycles. The highest BCUT2D eigenvalue weighted by atomic mass is 16.5. The first-order valence-electron chi connectivity index (χ1n) is 4.18. The Morgan fingerprint density at radius 1 is 1.54 bits per heavy atom. The Labute approximate surface area is 76.9 Å². The van der Waals surface area contributed by atoms with Crippen LogP contribution in [-0.2, 0) is 9.53 Å². The van der Waals surface area contributed by atoms with Crippen LogP contribution in [0.3, 0.4) is 0 Å². The lowest BCUT2D eigenvalue weighted by Crippen LogP contribution is -2.38. The molecule has 1 rings (SSSR count). The zero-order valence-electron chi connectivity index (χ0n) is 7.79. The first kappa shape index (κ1) is 9.77. The number of methoxy groups -OCH3 is 1. The monoisotopic (exact) mass is 183 g/mol. The van der Waals surface area contributed by atoms with Crippen molar-refractivity contribution in [1.82, 2.24) is 5.32 Å². The van der Waals surface area contributed by atoms with Crippen LogP contribution in [-0.4, -0.2) is 25.0 Å². The van der Waals surface area contributed by atoms with E-state index in [1.165, 1.54) is 19.6 Å². The van der Waals surface area contributed by atoms with Gasteiger partial charge in [0, 0.05) is 0 Å². The molecule has 1 unspecified atom stereocenters. The van der Waals surface area contributed by atoms with Crippen molar-refractivity contribution < 1.29 is 14.3 Å². The number of ether oxygens (including phenoxy) is 1. The van der Waals surface area contributed by atoms with Gasteiger partial charge in [-0.2, -0.15) is 0 Å². The minimum atomic E-state index is -0.572. The highest BCUT2D eigenvalue weighted by Crippen LogP contribution is 2.27. The first-order valence-corrected chi connectivity index (χ1v) is 4.18. The van der Waals surface area contributed by atoms with Gasteiger partial charge in [-0.1, -0.05) is 11.6 Å². The van der Waals surface area contributed by atoms with Crippen LogP contribution >= 0.6 is 0 Å². The fourth-order valence-electron chi connectivity index (χ4n) is 0.921. The predicted octanol–water partition coefficient (Wildman–Crippen LogP) is 1.02. The fourth-order valence-corrected chi connectivity index (χ4v) is 0.921. The van der Waals surface area contributed by atoms with Gasteiger partial charge in [0.1, 0.15) is 6.04 Å². The molecule has 1 aliphatic rings. The summed E-state index contributed by atoms with van der Waals surface area (Å²) < 4.78 is 4.40. The lowest BCUT2D eigenvalue weighted by molar-refractivity contribution is -0.117. The Kier molecular flexibility index (Phi) is 3.06. The number of carbonyl (C=O) groups is 2. The van der Waals surface area contributed by atoms with E-state index in [2.05, 4.69) is 10.1 Å². The number of amides is 1. The molecule has 1 N–H and O–H groups in total. The summed E-state index contributed by atoms with van der Waals surface area (Å²) >= 11 is 0. The van der Waals surface area contributed by atoms with E-state index >= 15 is 0 Å². The van der Waals surface area contributed by atoms with Crippen molar-refractivity contribution >= 4 is 11.9 Å². The highest BCUT2D eigenvalue weighted by molar-refractivity contribution is 5.87. The topological polar surface area (TPSA) is 55.4 Å². The minimum Gasteiger partial charge on any atom is -0.453 e. The van der Waals surface area contributed by atoms with Gasteiger partial charge < -0.3 is 10.1 Å². The van der Waals surface area contributed by atoms with Crippen LogP contribution in [0.4, 0.5) is 4.79 Å². The smallest absolute Gasteiger partial charge is 0.407 e. The van der Waals surface area contributed by atoms with E-state index in [-0.39, 0.29) is 5.78 Å². The summed E-state index contributed by atoms with van der Waals surface area (Å²) in [5, 5.41) is 2.45. The third-order valence-corrected chi connectivity index (χ3v) is 1.84. The maximum absolute atomic E-state index is 11.0. The SMILES string of the molecule is COC(=O)NC(C=C1CC1)C(C)=O. The molecule has 4 nitrogen and oxygen atoms in total. The predicted molar refractivity (Wildman–Crippen MR) is 47.3 cm³/mol. The quantitative estimate of drug-likeness (QED) is 0.664. The second kappa shape index (κ2) is 4.07. The number of nitrogens with one attached hydrogen (secondary N) is 1. The van der Waals surface area contributed by atoms with Crippen LogP contribution in [0.15, 0.2) is 11.6 Å². The number of hydrogen-bond donors (Lipinski definition) is 1. The van der Waals surface area contributed by atoms with Crippen molar-refractivity contribution in [3.05, 3.63) is 11.6 Å². The molecule has 13 heavy (non-hydrogen) atoms. The van der Waals surface area contributed by atoms with E-state index in [0.29, 0.717) is 0 Å². The molecule has 0 bridgehead atoms. The van der Waals surface area contributed by atoms with Gasteiger partial charge in [0.2, 0.25) is 0 Å². The molecule has 72 valence electrons. The zero-order valence-corrected chi connectivity index (χ0v) is 7.79. The van der Waals surface area contributed by atoms with E-state index in [4.69, 9.17) is 0 Å². The van der Waals surface area contributed by atoms with E-state index in [1.54, 1.807) is 6.08 Å². The second-order valence-corrected chi connectivity index (χ2v) is 3.05. The Balaban J connectivity index is 2.52. The number of hydrogen-bond acceptors (Lipinski definition) is 3. The van der Waals surface area contributed by atoms with Crippen molar-refractivity contribution in [2.24, 2.45) is 0 Å². The summed E-state index contributed by atoms with van der Waals surface area (Å²) in [5.74, 6) is -0.0789. The van der Waals surface area contributed by atoms with Crippen LogP contribution in [0.5, 0.6) is 0 Å². The first-order chi connectivity index (χ1) is 6.13. The van der Waals surface area contributed by atoms with E-state index < -0.39 is 12.1 Å². The summed E-state index contributed by atoms with van der Waals surface area (Å²) in [5.41, 5.74) is 1.22. The van der Waals surface area contributed by atoms with Gasteiger partial charge in [-0.3, -0.25) is 4.79 Å². The Morgan fingerprint density at radius 2 is 2.15 bits per heavy atom. The summed E-state index contributed by atoms with van der Waals surface area (Å²) in [6, 6.07) is -0.523. The Morgan fingerprint density at radius 3 is 2.54 bits per heavy atom. The zero-order chi connectivity index (χ0) is 9.84. The average molecular weight is 183 g/mol. The third-order valence-electron chi connectivity index (χ3n) is 1.84. The van der Waals surface area contributed by atoms with Crippen molar-refractivity contribution in [1.29, 1.82) is 0 Å². The number of carbonyl (C=O) groups excluding carboxylic acids is 2. The van der Waals surface area contributed by atoms with E-state index in [1.807, 2.05) is 0 Å². The van der Waals surface area contributed by atoms with Crippen molar-refractivity contribution in [2.45, 2.75) is 25.8 Å². The van der Waals surface area contributed by atoms with Crippen LogP contribution < -0.4 is 5.32 Å². The molecule has 0 aromatic heterocycles. The molecule has 0 aliphatic heterocycles. The third kappa shape index (κ3) is 3.27. The van der Waals surface area contributed by atoms with Gasteiger partial charge in [0.25, 0.3) is 0 Å². The molecule has 4 heteroatoms. The summed E-state index contributed by atoms with van der Waals surface area (Å²) in [7, 11) is 1.27. The average Bonchev–Trinajstić information content (AvgIpc) is 2.86. The van der Waals surface area contributed by atoms with Gasteiger partial charge in [-0.15, -0.1) is 0 Å². The van der Waals surface area contributed by atoms with Crippen molar-refractivity contribution in [3.8, 4) is 0 Å². The standard InChI is InChI=1S/C9H13NO3/c1-6(11)8(5-7-3-4-7)10-9(12)13-2/h5,8H,3-4H2,1-2H3,(H,10,12). The molecule has 0 aromatic rings. The van der Waals surface area contributed by atoms with Crippen LogP contribution in [0.1, 0.15) is 19.8 Å². The van der Waals surface area contributed by atoms with Gasteiger partial charge in [0.15, 0.2) is 5.78 Å². The summed E-state index contributed by atoms with van der Waals surface area (Å²) in [6.07, 6.45) is 3.29. The molecule has 1 aliphatic carbocycles. The van der Waals surface area contributed by atoms with Crippen molar-refractivity contribution in [3.63, 3.8) is 0 Å². The molecule has 1 saturated carbocycles. The molecule has 1 atom stereocenters. The summed E-state index contributed by atoms with van der Waals surface area (Å²) in [6.45, 7) is 1.44. The number of rotatable bonds is 3. The van der Waals surface area contributed by atoms with Crippen LogP contribution in [0, 0.1) is 0 Å². The molecule has 1 fully saturated rings. The largest absolute Gasteiger partial charge is 0.453 e. The van der Waals surface area contributed by atoms with Crippen molar-refractivity contribution in [2.75, 3.05) is 7.11 Å². The minimum absolute atomic E-state index is 0.0789. The lowest BCUT2D eigenvalue weighted by Gasteiger charge is -2.09. The second-order valence-electron chi connectivity index (χ2n) is 3.05. The van der Waals surface area contributed by atoms with Gasteiger partial charge in [0.05, 0.1) is 7.11 Å². The molecular weight excluding hydrogens is 170 g/mol.